The number of aryl methyl sites for hydroxylation is 1. The molecule has 110 valence electrons. The van der Waals surface area contributed by atoms with Gasteiger partial charge in [0.15, 0.2) is 11.6 Å². The van der Waals surface area contributed by atoms with Crippen molar-refractivity contribution in [3.05, 3.63) is 35.7 Å². The third-order valence-electron chi connectivity index (χ3n) is 2.95. The van der Waals surface area contributed by atoms with Gasteiger partial charge >= 0.3 is 0 Å². The second-order valence-electron chi connectivity index (χ2n) is 4.49. The molecule has 7 heteroatoms. The molecule has 4 N–H and O–H groups in total. The molecule has 0 aliphatic rings. The molecular weight excluding hydrogens is 270 g/mol. The molecule has 21 heavy (non-hydrogen) atoms. The number of anilines is 3. The van der Waals surface area contributed by atoms with Crippen molar-refractivity contribution in [2.24, 2.45) is 5.84 Å². The molecule has 2 aromatic rings. The Kier molecular flexibility index (Phi) is 4.04. The Morgan fingerprint density at radius 3 is 2.67 bits per heavy atom. The van der Waals surface area contributed by atoms with E-state index in [1.54, 1.807) is 31.2 Å². The van der Waals surface area contributed by atoms with Crippen molar-refractivity contribution in [2.75, 3.05) is 17.9 Å². The zero-order valence-electron chi connectivity index (χ0n) is 12.1. The molecule has 0 bridgehead atoms. The molecule has 0 fully saturated rings. The number of rotatable bonds is 4. The predicted octanol–water partition coefficient (Wildman–Crippen LogP) is 1.59. The molecule has 1 aromatic carbocycles. The fourth-order valence-corrected chi connectivity index (χ4v) is 1.88. The third kappa shape index (κ3) is 2.92. The molecule has 0 saturated carbocycles. The molecule has 1 heterocycles. The number of benzene rings is 1. The van der Waals surface area contributed by atoms with Crippen molar-refractivity contribution in [1.82, 2.24) is 9.97 Å². The van der Waals surface area contributed by atoms with E-state index < -0.39 is 0 Å². The highest BCUT2D eigenvalue weighted by atomic mass is 16.5. The van der Waals surface area contributed by atoms with Crippen LogP contribution >= 0.6 is 0 Å². The Morgan fingerprint density at radius 2 is 2.05 bits per heavy atom. The first-order valence-electron chi connectivity index (χ1n) is 6.28. The molecule has 0 atom stereocenters. The van der Waals surface area contributed by atoms with Gasteiger partial charge in [-0.2, -0.15) is 4.98 Å². The zero-order chi connectivity index (χ0) is 15.6. The summed E-state index contributed by atoms with van der Waals surface area (Å²) in [5.41, 5.74) is 7.34. The highest BCUT2D eigenvalue weighted by molar-refractivity contribution is 5.95. The minimum atomic E-state index is -0.0466. The summed E-state index contributed by atoms with van der Waals surface area (Å²) >= 11 is 0. The van der Waals surface area contributed by atoms with Crippen LogP contribution in [0.3, 0.4) is 0 Å². The second-order valence-corrected chi connectivity index (χ2v) is 4.49. The number of carbonyl (C=O) groups excluding carboxylic acids is 1. The minimum absolute atomic E-state index is 0.0466. The minimum Gasteiger partial charge on any atom is -0.479 e. The van der Waals surface area contributed by atoms with Gasteiger partial charge in [0, 0.05) is 5.56 Å². The van der Waals surface area contributed by atoms with E-state index in [4.69, 9.17) is 16.3 Å². The highest BCUT2D eigenvalue weighted by Crippen LogP contribution is 2.31. The van der Waals surface area contributed by atoms with E-state index in [9.17, 15) is 4.79 Å². The summed E-state index contributed by atoms with van der Waals surface area (Å²) in [6.45, 7) is 3.21. The van der Waals surface area contributed by atoms with E-state index in [-0.39, 0.29) is 17.4 Å². The van der Waals surface area contributed by atoms with Crippen molar-refractivity contribution < 1.29 is 9.53 Å². The quantitative estimate of drug-likeness (QED) is 0.499. The average molecular weight is 287 g/mol. The van der Waals surface area contributed by atoms with E-state index in [0.29, 0.717) is 22.9 Å². The molecule has 0 aliphatic heterocycles. The molecule has 0 unspecified atom stereocenters. The number of ether oxygens (including phenoxy) is 1. The maximum Gasteiger partial charge on any atom is 0.242 e. The van der Waals surface area contributed by atoms with Crippen LogP contribution in [0.1, 0.15) is 23.1 Å². The number of Topliss-reactive ketones (excluding diaryl/α,β-unsaturated/α-hetero) is 1. The molecule has 0 amide bonds. The number of methoxy groups -OCH3 is 1. The van der Waals surface area contributed by atoms with Gasteiger partial charge in [-0.25, -0.2) is 10.8 Å². The van der Waals surface area contributed by atoms with Crippen molar-refractivity contribution in [1.29, 1.82) is 0 Å². The van der Waals surface area contributed by atoms with Crippen LogP contribution in [0, 0.1) is 6.92 Å². The largest absolute Gasteiger partial charge is 0.479 e. The first-order valence-corrected chi connectivity index (χ1v) is 6.28. The van der Waals surface area contributed by atoms with Crippen LogP contribution in [0.2, 0.25) is 0 Å². The van der Waals surface area contributed by atoms with Gasteiger partial charge < -0.3 is 10.5 Å². The number of nitrogens with two attached hydrogens (primary N) is 2. The van der Waals surface area contributed by atoms with Crippen LogP contribution in [0.5, 0.6) is 5.88 Å². The molecular formula is C14H17N5O2. The van der Waals surface area contributed by atoms with Gasteiger partial charge in [0.25, 0.3) is 0 Å². The Morgan fingerprint density at radius 1 is 1.33 bits per heavy atom. The van der Waals surface area contributed by atoms with E-state index in [1.165, 1.54) is 19.0 Å². The zero-order valence-corrected chi connectivity index (χ0v) is 12.1. The number of hydrogen-bond acceptors (Lipinski definition) is 7. The van der Waals surface area contributed by atoms with Crippen LogP contribution in [0.4, 0.5) is 17.2 Å². The third-order valence-corrected chi connectivity index (χ3v) is 2.95. The number of nitrogen functional groups attached to an aromatic ring is 1. The highest BCUT2D eigenvalue weighted by Gasteiger charge is 2.17. The lowest BCUT2D eigenvalue weighted by Crippen LogP contribution is -2.27. The van der Waals surface area contributed by atoms with Gasteiger partial charge in [-0.15, -0.1) is 0 Å². The molecule has 7 nitrogen and oxygen atoms in total. The standard InChI is InChI=1S/C14H17N5O2/c1-8(20)10-5-4-6-11(7-10)19(16)13-12(15)14(21-3)18-9(2)17-13/h4-7H,15-16H2,1-3H3. The van der Waals surface area contributed by atoms with Gasteiger partial charge in [-0.1, -0.05) is 12.1 Å². The average Bonchev–Trinajstić information content (AvgIpc) is 2.48. The monoisotopic (exact) mass is 287 g/mol. The van der Waals surface area contributed by atoms with Crippen molar-refractivity contribution in [3.63, 3.8) is 0 Å². The van der Waals surface area contributed by atoms with Crippen LogP contribution in [0.25, 0.3) is 0 Å². The normalized spacial score (nSPS) is 10.3. The smallest absolute Gasteiger partial charge is 0.242 e. The number of carbonyl (C=O) groups is 1. The SMILES string of the molecule is COc1nc(C)nc(N(N)c2cccc(C(C)=O)c2)c1N. The summed E-state index contributed by atoms with van der Waals surface area (Å²) in [7, 11) is 1.47. The predicted molar refractivity (Wildman–Crippen MR) is 80.5 cm³/mol. The first-order chi connectivity index (χ1) is 9.93. The lowest BCUT2D eigenvalue weighted by molar-refractivity contribution is 0.101. The molecule has 0 aliphatic carbocycles. The van der Waals surface area contributed by atoms with E-state index >= 15 is 0 Å². The molecule has 0 radical (unpaired) electrons. The second kappa shape index (κ2) is 5.76. The van der Waals surface area contributed by atoms with Crippen LogP contribution < -0.4 is 21.3 Å². The summed E-state index contributed by atoms with van der Waals surface area (Å²) in [5, 5.41) is 1.30. The lowest BCUT2D eigenvalue weighted by Gasteiger charge is -2.20. The topological polar surface area (TPSA) is 107 Å². The number of ketones is 1. The maximum atomic E-state index is 11.4. The summed E-state index contributed by atoms with van der Waals surface area (Å²) in [4.78, 5) is 19.8. The van der Waals surface area contributed by atoms with Crippen molar-refractivity contribution >= 4 is 23.0 Å². The van der Waals surface area contributed by atoms with Gasteiger partial charge in [0.05, 0.1) is 12.8 Å². The Bertz CT molecular complexity index is 687. The summed E-state index contributed by atoms with van der Waals surface area (Å²) in [6.07, 6.45) is 0. The van der Waals surface area contributed by atoms with Crippen LogP contribution in [0.15, 0.2) is 24.3 Å². The Hall–Kier alpha value is -2.67. The summed E-state index contributed by atoms with van der Waals surface area (Å²) in [6, 6.07) is 6.89. The van der Waals surface area contributed by atoms with Crippen LogP contribution in [-0.4, -0.2) is 22.9 Å². The lowest BCUT2D eigenvalue weighted by atomic mass is 10.1. The van der Waals surface area contributed by atoms with Gasteiger partial charge in [0.1, 0.15) is 11.5 Å². The van der Waals surface area contributed by atoms with E-state index in [2.05, 4.69) is 9.97 Å². The van der Waals surface area contributed by atoms with E-state index in [0.717, 1.165) is 0 Å². The van der Waals surface area contributed by atoms with E-state index in [1.807, 2.05) is 0 Å². The number of hydrazine groups is 1. The molecule has 1 aromatic heterocycles. The maximum absolute atomic E-state index is 11.4. The molecule has 0 saturated heterocycles. The fraction of sp³-hybridized carbons (Fsp3) is 0.214. The summed E-state index contributed by atoms with van der Waals surface area (Å²) < 4.78 is 5.10. The number of hydrogen-bond donors (Lipinski definition) is 2. The Labute approximate surface area is 122 Å². The fourth-order valence-electron chi connectivity index (χ4n) is 1.88. The van der Waals surface area contributed by atoms with Gasteiger partial charge in [-0.3, -0.25) is 9.80 Å². The molecule has 0 spiro atoms. The van der Waals surface area contributed by atoms with Crippen molar-refractivity contribution in [3.8, 4) is 5.88 Å². The van der Waals surface area contributed by atoms with Gasteiger partial charge in [-0.05, 0) is 26.0 Å². The molecule has 2 rings (SSSR count). The van der Waals surface area contributed by atoms with Gasteiger partial charge in [0.2, 0.25) is 5.88 Å². The number of nitrogens with zero attached hydrogens (tertiary/aromatic N) is 3. The number of aromatic nitrogens is 2. The Balaban J connectivity index is 2.49. The van der Waals surface area contributed by atoms with Crippen molar-refractivity contribution in [2.45, 2.75) is 13.8 Å². The first kappa shape index (κ1) is 14.7. The summed E-state index contributed by atoms with van der Waals surface area (Å²) in [5.74, 6) is 7.09. The van der Waals surface area contributed by atoms with Crippen LogP contribution in [-0.2, 0) is 0 Å².